The van der Waals surface area contributed by atoms with Gasteiger partial charge >= 0.3 is 7.82 Å². The standard InChI is InChI=1S/C11H13O5P/c1-13-10-4-2-3-9(5-10)11-6-14-17(12,15-7-11)16-8-11/h2-5H,6-8H2,1H3. The van der Waals surface area contributed by atoms with E-state index in [0.29, 0.717) is 19.8 Å². The van der Waals surface area contributed by atoms with Crippen molar-refractivity contribution in [3.8, 4) is 5.75 Å². The van der Waals surface area contributed by atoms with E-state index in [-0.39, 0.29) is 5.41 Å². The minimum absolute atomic E-state index is 0.359. The summed E-state index contributed by atoms with van der Waals surface area (Å²) in [6, 6.07) is 7.68. The Kier molecular flexibility index (Phi) is 2.52. The Morgan fingerprint density at radius 2 is 1.88 bits per heavy atom. The molecule has 0 spiro atoms. The normalized spacial score (nSPS) is 35.8. The van der Waals surface area contributed by atoms with E-state index >= 15 is 0 Å². The van der Waals surface area contributed by atoms with Crippen LogP contribution in [0.1, 0.15) is 5.56 Å². The highest BCUT2D eigenvalue weighted by molar-refractivity contribution is 7.48. The van der Waals surface area contributed by atoms with Gasteiger partial charge in [-0.25, -0.2) is 4.57 Å². The second kappa shape index (κ2) is 3.82. The molecule has 0 aromatic heterocycles. The van der Waals surface area contributed by atoms with Crippen molar-refractivity contribution in [3.63, 3.8) is 0 Å². The van der Waals surface area contributed by atoms with Gasteiger partial charge in [0.15, 0.2) is 0 Å². The van der Waals surface area contributed by atoms with Gasteiger partial charge in [-0.2, -0.15) is 0 Å². The number of phosphoric acid groups is 1. The first-order valence-electron chi connectivity index (χ1n) is 5.34. The monoisotopic (exact) mass is 256 g/mol. The molecule has 92 valence electrons. The molecule has 0 aliphatic carbocycles. The molecule has 1 aromatic carbocycles. The molecule has 3 aliphatic rings. The van der Waals surface area contributed by atoms with Crippen molar-refractivity contribution in [1.82, 2.24) is 0 Å². The maximum absolute atomic E-state index is 11.6. The topological polar surface area (TPSA) is 54.0 Å². The second-order valence-corrected chi connectivity index (χ2v) is 5.95. The first-order chi connectivity index (χ1) is 8.16. The maximum atomic E-state index is 11.6. The maximum Gasteiger partial charge on any atom is 0.474 e. The van der Waals surface area contributed by atoms with Crippen LogP contribution in [0.5, 0.6) is 5.75 Å². The molecule has 0 radical (unpaired) electrons. The zero-order valence-corrected chi connectivity index (χ0v) is 10.3. The van der Waals surface area contributed by atoms with Crippen molar-refractivity contribution >= 4 is 7.82 Å². The third-order valence-electron chi connectivity index (χ3n) is 3.18. The van der Waals surface area contributed by atoms with E-state index in [2.05, 4.69) is 0 Å². The van der Waals surface area contributed by atoms with Gasteiger partial charge in [-0.3, -0.25) is 13.6 Å². The van der Waals surface area contributed by atoms with E-state index in [9.17, 15) is 4.57 Å². The summed E-state index contributed by atoms with van der Waals surface area (Å²) in [5.74, 6) is 0.774. The van der Waals surface area contributed by atoms with E-state index in [1.807, 2.05) is 24.3 Å². The molecule has 0 amide bonds. The lowest BCUT2D eigenvalue weighted by molar-refractivity contribution is -0.0524. The molecular formula is C11H13O5P. The smallest absolute Gasteiger partial charge is 0.474 e. The van der Waals surface area contributed by atoms with E-state index in [4.69, 9.17) is 18.3 Å². The van der Waals surface area contributed by atoms with Crippen LogP contribution in [0.3, 0.4) is 0 Å². The Hall–Kier alpha value is -0.870. The molecule has 3 saturated heterocycles. The zero-order chi connectivity index (χ0) is 11.9. The van der Waals surface area contributed by atoms with Crippen LogP contribution in [0.15, 0.2) is 24.3 Å². The van der Waals surface area contributed by atoms with Crippen LogP contribution in [0.25, 0.3) is 0 Å². The number of ether oxygens (including phenoxy) is 1. The molecule has 1 aromatic rings. The van der Waals surface area contributed by atoms with Crippen molar-refractivity contribution < 1.29 is 22.9 Å². The Balaban J connectivity index is 1.95. The first-order valence-corrected chi connectivity index (χ1v) is 6.80. The van der Waals surface area contributed by atoms with Gasteiger partial charge < -0.3 is 4.74 Å². The summed E-state index contributed by atoms with van der Waals surface area (Å²) in [4.78, 5) is 0. The largest absolute Gasteiger partial charge is 0.497 e. The van der Waals surface area contributed by atoms with Crippen LogP contribution in [-0.2, 0) is 23.6 Å². The summed E-state index contributed by atoms with van der Waals surface area (Å²) in [7, 11) is -1.62. The van der Waals surface area contributed by atoms with Crippen molar-refractivity contribution in [2.75, 3.05) is 26.9 Å². The summed E-state index contributed by atoms with van der Waals surface area (Å²) in [6.07, 6.45) is 0. The molecular weight excluding hydrogens is 243 g/mol. The van der Waals surface area contributed by atoms with Crippen molar-refractivity contribution in [1.29, 1.82) is 0 Å². The summed E-state index contributed by atoms with van der Waals surface area (Å²) in [6.45, 7) is 1.08. The molecule has 5 nitrogen and oxygen atoms in total. The van der Waals surface area contributed by atoms with Crippen LogP contribution in [-0.4, -0.2) is 26.9 Å². The van der Waals surface area contributed by atoms with Gasteiger partial charge in [-0.1, -0.05) is 12.1 Å². The van der Waals surface area contributed by atoms with Gasteiger partial charge in [0.1, 0.15) is 5.75 Å². The van der Waals surface area contributed by atoms with Gasteiger partial charge in [0.05, 0.1) is 32.3 Å². The third kappa shape index (κ3) is 1.79. The fourth-order valence-corrected chi connectivity index (χ4v) is 3.49. The molecule has 0 N–H and O–H groups in total. The highest BCUT2D eigenvalue weighted by atomic mass is 31.2. The lowest BCUT2D eigenvalue weighted by Gasteiger charge is -2.44. The average molecular weight is 256 g/mol. The lowest BCUT2D eigenvalue weighted by Crippen LogP contribution is -2.48. The van der Waals surface area contributed by atoms with Gasteiger partial charge in [-0.05, 0) is 17.7 Å². The van der Waals surface area contributed by atoms with Gasteiger partial charge in [0.25, 0.3) is 0 Å². The number of hydrogen-bond acceptors (Lipinski definition) is 5. The van der Waals surface area contributed by atoms with Crippen molar-refractivity contribution in [2.24, 2.45) is 0 Å². The molecule has 2 bridgehead atoms. The minimum Gasteiger partial charge on any atom is -0.497 e. The molecule has 3 fully saturated rings. The van der Waals surface area contributed by atoms with Crippen LogP contribution in [0, 0.1) is 0 Å². The third-order valence-corrected chi connectivity index (χ3v) is 4.51. The number of hydrogen-bond donors (Lipinski definition) is 0. The van der Waals surface area contributed by atoms with Gasteiger partial charge in [-0.15, -0.1) is 0 Å². The average Bonchev–Trinajstić information content (AvgIpc) is 2.40. The number of benzene rings is 1. The van der Waals surface area contributed by atoms with Crippen LogP contribution >= 0.6 is 7.82 Å². The van der Waals surface area contributed by atoms with Gasteiger partial charge in [0, 0.05) is 0 Å². The van der Waals surface area contributed by atoms with Crippen LogP contribution in [0.2, 0.25) is 0 Å². The number of phosphoric ester groups is 1. The summed E-state index contributed by atoms with van der Waals surface area (Å²) >= 11 is 0. The first kappa shape index (κ1) is 11.2. The second-order valence-electron chi connectivity index (χ2n) is 4.28. The lowest BCUT2D eigenvalue weighted by atomic mass is 9.82. The summed E-state index contributed by atoms with van der Waals surface area (Å²) in [5.41, 5.74) is 0.642. The fourth-order valence-electron chi connectivity index (χ4n) is 2.05. The molecule has 0 atom stereocenters. The predicted molar refractivity (Wildman–Crippen MR) is 60.1 cm³/mol. The SMILES string of the molecule is COc1cccc(C23COP(=O)(OC2)OC3)c1. The fraction of sp³-hybridized carbons (Fsp3) is 0.455. The molecule has 0 unspecified atom stereocenters. The Labute approximate surface area is 99.2 Å². The van der Waals surface area contributed by atoms with E-state index in [1.165, 1.54) is 0 Å². The van der Waals surface area contributed by atoms with Crippen molar-refractivity contribution in [2.45, 2.75) is 5.41 Å². The number of fused-ring (bicyclic) bond motifs is 3. The quantitative estimate of drug-likeness (QED) is 0.758. The van der Waals surface area contributed by atoms with Crippen molar-refractivity contribution in [3.05, 3.63) is 29.8 Å². The predicted octanol–water partition coefficient (Wildman–Crippen LogP) is 2.12. The molecule has 4 rings (SSSR count). The molecule has 3 heterocycles. The van der Waals surface area contributed by atoms with E-state index in [1.54, 1.807) is 7.11 Å². The molecule has 6 heteroatoms. The minimum atomic E-state index is -3.24. The highest BCUT2D eigenvalue weighted by Crippen LogP contribution is 2.60. The van der Waals surface area contributed by atoms with Crippen LogP contribution in [0.4, 0.5) is 0 Å². The highest BCUT2D eigenvalue weighted by Gasteiger charge is 2.51. The Bertz CT molecular complexity index is 455. The van der Waals surface area contributed by atoms with Crippen LogP contribution < -0.4 is 4.74 Å². The van der Waals surface area contributed by atoms with E-state index < -0.39 is 7.82 Å². The van der Waals surface area contributed by atoms with Gasteiger partial charge in [0.2, 0.25) is 0 Å². The molecule has 0 saturated carbocycles. The number of rotatable bonds is 2. The molecule has 17 heavy (non-hydrogen) atoms. The summed E-state index contributed by atoms with van der Waals surface area (Å²) < 4.78 is 32.3. The summed E-state index contributed by atoms with van der Waals surface area (Å²) in [5, 5.41) is 0. The Morgan fingerprint density at radius 1 is 1.24 bits per heavy atom. The van der Waals surface area contributed by atoms with E-state index in [0.717, 1.165) is 11.3 Å². The zero-order valence-electron chi connectivity index (χ0n) is 9.42. The Morgan fingerprint density at radius 3 is 2.47 bits per heavy atom. The molecule has 3 aliphatic heterocycles. The number of methoxy groups -OCH3 is 1.